The Morgan fingerprint density at radius 1 is 1.09 bits per heavy atom. The van der Waals surface area contributed by atoms with E-state index in [-0.39, 0.29) is 11.2 Å². The summed E-state index contributed by atoms with van der Waals surface area (Å²) in [4.78, 5) is 8.98. The summed E-state index contributed by atoms with van der Waals surface area (Å²) in [6.45, 7) is 4.00. The van der Waals surface area contributed by atoms with Crippen molar-refractivity contribution >= 4 is 15.8 Å². The van der Waals surface area contributed by atoms with E-state index in [2.05, 4.69) is 0 Å². The molecule has 0 heterocycles. The van der Waals surface area contributed by atoms with Crippen LogP contribution in [0, 0.1) is 10.1 Å². The van der Waals surface area contributed by atoms with Crippen LogP contribution in [0.2, 0.25) is 0 Å². The molecule has 23 heavy (non-hydrogen) atoms. The zero-order chi connectivity index (χ0) is 17.7. The van der Waals surface area contributed by atoms with Gasteiger partial charge in [-0.2, -0.15) is 8.42 Å². The number of rotatable bonds is 3. The Bertz CT molecular complexity index is 768. The van der Waals surface area contributed by atoms with Gasteiger partial charge in [-0.15, -0.1) is 0 Å². The second-order valence-corrected chi connectivity index (χ2v) is 6.74. The van der Waals surface area contributed by atoms with Gasteiger partial charge in [-0.3, -0.25) is 14.7 Å². The third kappa shape index (κ3) is 6.15. The molecule has 0 spiro atoms. The van der Waals surface area contributed by atoms with E-state index in [1.54, 1.807) is 0 Å². The molecule has 2 aromatic rings. The van der Waals surface area contributed by atoms with Gasteiger partial charge < -0.3 is 5.73 Å². The molecule has 0 bridgehead atoms. The number of nitro benzene ring substituents is 1. The lowest BCUT2D eigenvalue weighted by Gasteiger charge is -2.18. The molecule has 3 N–H and O–H groups in total. The van der Waals surface area contributed by atoms with Gasteiger partial charge in [0.25, 0.3) is 15.8 Å². The minimum absolute atomic E-state index is 0.207. The van der Waals surface area contributed by atoms with Gasteiger partial charge in [-0.25, -0.2) is 0 Å². The quantitative estimate of drug-likeness (QED) is 0.504. The van der Waals surface area contributed by atoms with Crippen molar-refractivity contribution in [2.45, 2.75) is 24.3 Å². The molecule has 0 fully saturated rings. The van der Waals surface area contributed by atoms with Crippen LogP contribution in [0.4, 0.5) is 5.69 Å². The molecule has 0 unspecified atom stereocenters. The Kier molecular flexibility index (Phi) is 5.97. The van der Waals surface area contributed by atoms with Crippen molar-refractivity contribution in [3.05, 3.63) is 70.3 Å². The monoisotopic (exact) mass is 338 g/mol. The number of non-ortho nitro benzene ring substituents is 1. The second kappa shape index (κ2) is 7.32. The summed E-state index contributed by atoms with van der Waals surface area (Å²) in [6.07, 6.45) is 0. The van der Waals surface area contributed by atoms with Crippen LogP contribution in [0.5, 0.6) is 0 Å². The van der Waals surface area contributed by atoms with Crippen molar-refractivity contribution in [3.63, 3.8) is 0 Å². The van der Waals surface area contributed by atoms with Crippen molar-refractivity contribution in [1.82, 2.24) is 0 Å². The second-order valence-electron chi connectivity index (χ2n) is 5.32. The van der Waals surface area contributed by atoms with Crippen molar-refractivity contribution in [2.75, 3.05) is 0 Å². The minimum Gasteiger partial charge on any atom is -0.322 e. The van der Waals surface area contributed by atoms with Crippen LogP contribution in [-0.4, -0.2) is 17.9 Å². The summed E-state index contributed by atoms with van der Waals surface area (Å²) in [7, 11) is -4.36. The van der Waals surface area contributed by atoms with Crippen molar-refractivity contribution in [2.24, 2.45) is 5.73 Å². The Morgan fingerprint density at radius 3 is 2.04 bits per heavy atom. The van der Waals surface area contributed by atoms with Gasteiger partial charge in [0.15, 0.2) is 0 Å². The topological polar surface area (TPSA) is 124 Å². The molecule has 7 nitrogen and oxygen atoms in total. The van der Waals surface area contributed by atoms with E-state index in [0.29, 0.717) is 0 Å². The van der Waals surface area contributed by atoms with Crippen molar-refractivity contribution in [1.29, 1.82) is 0 Å². The predicted molar refractivity (Wildman–Crippen MR) is 86.6 cm³/mol. The van der Waals surface area contributed by atoms with Gasteiger partial charge >= 0.3 is 0 Å². The molecule has 0 aromatic heterocycles. The molecular formula is C15H18N2O5S. The molecule has 2 rings (SSSR count). The third-order valence-electron chi connectivity index (χ3n) is 2.84. The maximum Gasteiger partial charge on any atom is 0.294 e. The van der Waals surface area contributed by atoms with Crippen molar-refractivity contribution in [3.8, 4) is 0 Å². The molecule has 8 heteroatoms. The fraction of sp³-hybridized carbons (Fsp3) is 0.200. The van der Waals surface area contributed by atoms with Crippen LogP contribution in [-0.2, 0) is 15.7 Å². The molecule has 0 aliphatic heterocycles. The first-order chi connectivity index (χ1) is 10.5. The lowest BCUT2D eigenvalue weighted by atomic mass is 9.96. The number of benzene rings is 2. The lowest BCUT2D eigenvalue weighted by molar-refractivity contribution is -0.385. The van der Waals surface area contributed by atoms with Crippen LogP contribution >= 0.6 is 0 Å². The average molecular weight is 338 g/mol. The van der Waals surface area contributed by atoms with E-state index in [4.69, 9.17) is 10.3 Å². The standard InChI is InChI=1S/C9H13N.C6H5NO5S/c1-9(2,10)8-6-4-3-5-7-8;8-7(9)5-2-1-3-6(4-5)13(10,11)12/h3-7H,10H2,1-2H3;1-4H,(H,10,11,12). The molecular weight excluding hydrogens is 320 g/mol. The summed E-state index contributed by atoms with van der Waals surface area (Å²) in [5.41, 5.74) is 6.45. The summed E-state index contributed by atoms with van der Waals surface area (Å²) in [5.74, 6) is 0. The first kappa shape index (κ1) is 18.8. The fourth-order valence-corrected chi connectivity index (χ4v) is 2.15. The summed E-state index contributed by atoms with van der Waals surface area (Å²) in [5, 5.41) is 10.2. The first-order valence-corrected chi connectivity index (χ1v) is 8.02. The van der Waals surface area contributed by atoms with Gasteiger partial charge in [0.05, 0.1) is 4.92 Å². The minimum atomic E-state index is -4.36. The van der Waals surface area contributed by atoms with Crippen LogP contribution < -0.4 is 5.73 Å². The van der Waals surface area contributed by atoms with Gasteiger partial charge in [0.1, 0.15) is 4.90 Å². The summed E-state index contributed by atoms with van der Waals surface area (Å²) < 4.78 is 29.6. The molecule has 0 amide bonds. The number of nitro groups is 1. The van der Waals surface area contributed by atoms with Gasteiger partial charge in [0.2, 0.25) is 0 Å². The smallest absolute Gasteiger partial charge is 0.294 e. The van der Waals surface area contributed by atoms with E-state index in [9.17, 15) is 18.5 Å². The van der Waals surface area contributed by atoms with E-state index < -0.39 is 19.9 Å². The van der Waals surface area contributed by atoms with E-state index in [0.717, 1.165) is 18.2 Å². The number of hydrogen-bond donors (Lipinski definition) is 2. The molecule has 0 saturated heterocycles. The zero-order valence-electron chi connectivity index (χ0n) is 12.7. The van der Waals surface area contributed by atoms with Gasteiger partial charge in [-0.05, 0) is 25.5 Å². The summed E-state index contributed by atoms with van der Waals surface area (Å²) in [6, 6.07) is 14.3. The van der Waals surface area contributed by atoms with Crippen molar-refractivity contribution < 1.29 is 17.9 Å². The number of nitrogens with zero attached hydrogens (tertiary/aromatic N) is 1. The summed E-state index contributed by atoms with van der Waals surface area (Å²) >= 11 is 0. The van der Waals surface area contributed by atoms with E-state index in [1.165, 1.54) is 11.6 Å². The molecule has 0 aliphatic carbocycles. The van der Waals surface area contributed by atoms with Crippen LogP contribution in [0.1, 0.15) is 19.4 Å². The molecule has 0 radical (unpaired) electrons. The Labute approximate surface area is 134 Å². The van der Waals surface area contributed by atoms with E-state index >= 15 is 0 Å². The number of nitrogens with two attached hydrogens (primary N) is 1. The first-order valence-electron chi connectivity index (χ1n) is 6.58. The predicted octanol–water partition coefficient (Wildman–Crippen LogP) is 2.72. The molecule has 0 aliphatic rings. The highest BCUT2D eigenvalue weighted by molar-refractivity contribution is 7.85. The lowest BCUT2D eigenvalue weighted by Crippen LogP contribution is -2.28. The maximum atomic E-state index is 10.5. The normalized spacial score (nSPS) is 11.3. The SMILES string of the molecule is CC(C)(N)c1ccccc1.O=[N+]([O-])c1cccc(S(=O)(=O)O)c1. The van der Waals surface area contributed by atoms with E-state index in [1.807, 2.05) is 44.2 Å². The third-order valence-corrected chi connectivity index (χ3v) is 3.69. The molecule has 124 valence electrons. The highest BCUT2D eigenvalue weighted by atomic mass is 32.2. The largest absolute Gasteiger partial charge is 0.322 e. The molecule has 0 saturated carbocycles. The average Bonchev–Trinajstić information content (AvgIpc) is 2.47. The van der Waals surface area contributed by atoms with Gasteiger partial charge in [0, 0.05) is 17.7 Å². The van der Waals surface area contributed by atoms with Gasteiger partial charge in [-0.1, -0.05) is 36.4 Å². The maximum absolute atomic E-state index is 10.5. The Hall–Kier alpha value is -2.29. The Balaban J connectivity index is 0.000000238. The highest BCUT2D eigenvalue weighted by Crippen LogP contribution is 2.16. The fourth-order valence-electron chi connectivity index (χ4n) is 1.63. The van der Waals surface area contributed by atoms with Crippen LogP contribution in [0.25, 0.3) is 0 Å². The molecule has 2 aromatic carbocycles. The van der Waals surface area contributed by atoms with Crippen LogP contribution in [0.15, 0.2) is 59.5 Å². The highest BCUT2D eigenvalue weighted by Gasteiger charge is 2.14. The molecule has 0 atom stereocenters. The zero-order valence-corrected chi connectivity index (χ0v) is 13.5. The van der Waals surface area contributed by atoms with Crippen LogP contribution in [0.3, 0.4) is 0 Å². The Morgan fingerprint density at radius 2 is 1.65 bits per heavy atom. The number of hydrogen-bond acceptors (Lipinski definition) is 5.